The summed E-state index contributed by atoms with van der Waals surface area (Å²) >= 11 is 0. The molecule has 2 aromatic rings. The molecule has 2 rings (SSSR count). The zero-order chi connectivity index (χ0) is 13.8. The Kier molecular flexibility index (Phi) is 4.15. The van der Waals surface area contributed by atoms with E-state index in [2.05, 4.69) is 55.0 Å². The first kappa shape index (κ1) is 13.5. The Morgan fingerprint density at radius 2 is 1.79 bits per heavy atom. The first-order chi connectivity index (χ1) is 9.13. The van der Waals surface area contributed by atoms with Gasteiger partial charge in [-0.1, -0.05) is 43.7 Å². The lowest BCUT2D eigenvalue weighted by Crippen LogP contribution is -2.11. The van der Waals surface area contributed by atoms with E-state index in [1.807, 2.05) is 6.20 Å². The Morgan fingerprint density at radius 1 is 1.11 bits per heavy atom. The van der Waals surface area contributed by atoms with Crippen molar-refractivity contribution in [2.75, 3.05) is 7.11 Å². The molecule has 0 spiro atoms. The lowest BCUT2D eigenvalue weighted by molar-refractivity contribution is 0.383. The van der Waals surface area contributed by atoms with Gasteiger partial charge < -0.3 is 4.74 Å². The summed E-state index contributed by atoms with van der Waals surface area (Å²) in [5.74, 6) is 1.36. The van der Waals surface area contributed by atoms with Gasteiger partial charge in [0.2, 0.25) is 5.88 Å². The number of hydrogen-bond donors (Lipinski definition) is 0. The van der Waals surface area contributed by atoms with Gasteiger partial charge in [0.15, 0.2) is 0 Å². The fourth-order valence-electron chi connectivity index (χ4n) is 2.41. The molecule has 0 saturated carbocycles. The van der Waals surface area contributed by atoms with Crippen LogP contribution in [-0.4, -0.2) is 17.1 Å². The van der Waals surface area contributed by atoms with Crippen molar-refractivity contribution >= 4 is 0 Å². The molecule has 1 aromatic heterocycles. The van der Waals surface area contributed by atoms with E-state index >= 15 is 0 Å². The minimum Gasteiger partial charge on any atom is -0.481 e. The number of methoxy groups -OCH3 is 1. The Bertz CT molecular complexity index is 535. The molecule has 3 heteroatoms. The van der Waals surface area contributed by atoms with Crippen LogP contribution in [0.1, 0.15) is 36.5 Å². The third-order valence-corrected chi connectivity index (χ3v) is 3.33. The van der Waals surface area contributed by atoms with Crippen LogP contribution < -0.4 is 4.74 Å². The van der Waals surface area contributed by atoms with Gasteiger partial charge in [-0.3, -0.25) is 0 Å². The Labute approximate surface area is 114 Å². The molecular formula is C16H20N2O. The molecule has 0 aliphatic heterocycles. The second-order valence-corrected chi connectivity index (χ2v) is 5.12. The van der Waals surface area contributed by atoms with Crippen molar-refractivity contribution in [3.8, 4) is 5.88 Å². The molecule has 1 atom stereocenters. The summed E-state index contributed by atoms with van der Waals surface area (Å²) in [5.41, 5.74) is 3.58. The summed E-state index contributed by atoms with van der Waals surface area (Å²) in [7, 11) is 1.65. The van der Waals surface area contributed by atoms with Gasteiger partial charge >= 0.3 is 0 Å². The number of aromatic nitrogens is 2. The highest BCUT2D eigenvalue weighted by Gasteiger charge is 2.22. The third kappa shape index (κ3) is 2.92. The number of nitrogens with zero attached hydrogens (tertiary/aromatic N) is 2. The van der Waals surface area contributed by atoms with E-state index in [0.29, 0.717) is 11.8 Å². The largest absolute Gasteiger partial charge is 0.481 e. The fourth-order valence-corrected chi connectivity index (χ4v) is 2.41. The molecule has 1 heterocycles. The molecule has 0 aliphatic rings. The van der Waals surface area contributed by atoms with Crippen molar-refractivity contribution in [2.24, 2.45) is 5.92 Å². The van der Waals surface area contributed by atoms with Gasteiger partial charge in [-0.2, -0.15) is 0 Å². The predicted octanol–water partition coefficient (Wildman–Crippen LogP) is 3.58. The summed E-state index contributed by atoms with van der Waals surface area (Å²) in [4.78, 5) is 8.36. The topological polar surface area (TPSA) is 35.0 Å². The predicted molar refractivity (Wildman–Crippen MR) is 76.4 cm³/mol. The summed E-state index contributed by atoms with van der Waals surface area (Å²) in [6, 6.07) is 8.63. The molecule has 0 N–H and O–H groups in total. The van der Waals surface area contributed by atoms with E-state index in [0.717, 1.165) is 5.56 Å². The second kappa shape index (κ2) is 5.83. The maximum Gasteiger partial charge on any atom is 0.219 e. The average Bonchev–Trinajstić information content (AvgIpc) is 2.41. The third-order valence-electron chi connectivity index (χ3n) is 3.33. The van der Waals surface area contributed by atoms with Gasteiger partial charge in [-0.15, -0.1) is 0 Å². The van der Waals surface area contributed by atoms with Crippen molar-refractivity contribution in [1.29, 1.82) is 0 Å². The van der Waals surface area contributed by atoms with Gasteiger partial charge in [-0.25, -0.2) is 9.97 Å². The molecule has 0 unspecified atom stereocenters. The molecular weight excluding hydrogens is 236 g/mol. The molecule has 0 amide bonds. The zero-order valence-corrected chi connectivity index (χ0v) is 11.9. The van der Waals surface area contributed by atoms with Crippen LogP contribution in [0.5, 0.6) is 5.88 Å². The van der Waals surface area contributed by atoms with Crippen molar-refractivity contribution in [3.05, 3.63) is 53.5 Å². The van der Waals surface area contributed by atoms with E-state index in [1.54, 1.807) is 7.11 Å². The number of ether oxygens (including phenoxy) is 1. The molecule has 0 radical (unpaired) electrons. The SMILES string of the molecule is COc1ncncc1[C@H](c1ccc(C)cc1)C(C)C. The highest BCUT2D eigenvalue weighted by molar-refractivity contribution is 5.37. The molecule has 100 valence electrons. The minimum atomic E-state index is 0.247. The quantitative estimate of drug-likeness (QED) is 0.838. The smallest absolute Gasteiger partial charge is 0.219 e. The zero-order valence-electron chi connectivity index (χ0n) is 11.9. The Morgan fingerprint density at radius 3 is 2.37 bits per heavy atom. The van der Waals surface area contributed by atoms with E-state index < -0.39 is 0 Å². The molecule has 0 fully saturated rings. The summed E-state index contributed by atoms with van der Waals surface area (Å²) < 4.78 is 5.37. The summed E-state index contributed by atoms with van der Waals surface area (Å²) in [6.45, 7) is 6.51. The maximum absolute atomic E-state index is 5.37. The molecule has 0 aliphatic carbocycles. The molecule has 19 heavy (non-hydrogen) atoms. The van der Waals surface area contributed by atoms with Gasteiger partial charge in [0.25, 0.3) is 0 Å². The monoisotopic (exact) mass is 256 g/mol. The van der Waals surface area contributed by atoms with Crippen LogP contribution in [0.15, 0.2) is 36.8 Å². The van der Waals surface area contributed by atoms with Gasteiger partial charge in [0, 0.05) is 17.7 Å². The van der Waals surface area contributed by atoms with Crippen molar-refractivity contribution < 1.29 is 4.74 Å². The van der Waals surface area contributed by atoms with E-state index in [1.165, 1.54) is 17.5 Å². The molecule has 3 nitrogen and oxygen atoms in total. The first-order valence-electron chi connectivity index (χ1n) is 6.54. The minimum absolute atomic E-state index is 0.247. The van der Waals surface area contributed by atoms with Crippen LogP contribution >= 0.6 is 0 Å². The van der Waals surface area contributed by atoms with Crippen LogP contribution in [0.4, 0.5) is 0 Å². The van der Waals surface area contributed by atoms with Crippen LogP contribution in [0.25, 0.3) is 0 Å². The van der Waals surface area contributed by atoms with Gasteiger partial charge in [0.1, 0.15) is 6.33 Å². The fraction of sp³-hybridized carbons (Fsp3) is 0.375. The number of benzene rings is 1. The molecule has 0 bridgehead atoms. The lowest BCUT2D eigenvalue weighted by atomic mass is 9.83. The summed E-state index contributed by atoms with van der Waals surface area (Å²) in [6.07, 6.45) is 3.38. The Hall–Kier alpha value is -1.90. The first-order valence-corrected chi connectivity index (χ1v) is 6.54. The molecule has 0 saturated heterocycles. The average molecular weight is 256 g/mol. The van der Waals surface area contributed by atoms with Gasteiger partial charge in [0.05, 0.1) is 7.11 Å². The van der Waals surface area contributed by atoms with E-state index in [4.69, 9.17) is 4.74 Å². The van der Waals surface area contributed by atoms with Crippen molar-refractivity contribution in [2.45, 2.75) is 26.7 Å². The van der Waals surface area contributed by atoms with Crippen molar-refractivity contribution in [3.63, 3.8) is 0 Å². The maximum atomic E-state index is 5.37. The number of rotatable bonds is 4. The van der Waals surface area contributed by atoms with Crippen LogP contribution in [0, 0.1) is 12.8 Å². The highest BCUT2D eigenvalue weighted by Crippen LogP contribution is 2.35. The van der Waals surface area contributed by atoms with Crippen molar-refractivity contribution in [1.82, 2.24) is 9.97 Å². The molecule has 1 aromatic carbocycles. The van der Waals surface area contributed by atoms with Crippen LogP contribution in [-0.2, 0) is 0 Å². The standard InChI is InChI=1S/C16H20N2O/c1-11(2)15(13-7-5-12(3)6-8-13)14-9-17-10-18-16(14)19-4/h5-11,15H,1-4H3/t15-/m0/s1. The van der Waals surface area contributed by atoms with Crippen LogP contribution in [0.2, 0.25) is 0 Å². The second-order valence-electron chi connectivity index (χ2n) is 5.12. The Balaban J connectivity index is 2.48. The van der Waals surface area contributed by atoms with E-state index in [-0.39, 0.29) is 5.92 Å². The lowest BCUT2D eigenvalue weighted by Gasteiger charge is -2.22. The summed E-state index contributed by atoms with van der Waals surface area (Å²) in [5, 5.41) is 0. The normalized spacial score (nSPS) is 12.5. The van der Waals surface area contributed by atoms with Crippen LogP contribution in [0.3, 0.4) is 0 Å². The van der Waals surface area contributed by atoms with E-state index in [9.17, 15) is 0 Å². The highest BCUT2D eigenvalue weighted by atomic mass is 16.5. The van der Waals surface area contributed by atoms with Gasteiger partial charge in [-0.05, 0) is 18.4 Å². The number of hydrogen-bond acceptors (Lipinski definition) is 3. The number of aryl methyl sites for hydroxylation is 1.